The zero-order valence-electron chi connectivity index (χ0n) is 14.3. The summed E-state index contributed by atoms with van der Waals surface area (Å²) < 4.78 is 0. The summed E-state index contributed by atoms with van der Waals surface area (Å²) in [6.07, 6.45) is 1.75. The van der Waals surface area contributed by atoms with Crippen LogP contribution in [0.15, 0.2) is 34.8 Å². The molecule has 6 heteroatoms. The minimum atomic E-state index is 0.0724. The van der Waals surface area contributed by atoms with Gasteiger partial charge in [0.15, 0.2) is 0 Å². The largest absolute Gasteiger partial charge is 0.284 e. The van der Waals surface area contributed by atoms with Gasteiger partial charge in [-0.15, -0.1) is 0 Å². The van der Waals surface area contributed by atoms with Gasteiger partial charge in [0, 0.05) is 12.5 Å². The molecule has 0 atom stereocenters. The van der Waals surface area contributed by atoms with E-state index >= 15 is 0 Å². The highest BCUT2D eigenvalue weighted by Gasteiger charge is 2.25. The van der Waals surface area contributed by atoms with Crippen molar-refractivity contribution in [2.24, 2.45) is 15.4 Å². The van der Waals surface area contributed by atoms with Gasteiger partial charge in [-0.2, -0.15) is 0 Å². The maximum absolute atomic E-state index is 4.28. The van der Waals surface area contributed by atoms with Crippen molar-refractivity contribution >= 4 is 12.2 Å². The lowest BCUT2D eigenvalue weighted by Gasteiger charge is -2.30. The molecule has 0 saturated carbocycles. The fraction of sp³-hybridized carbons (Fsp3) is 0.600. The molecule has 2 aliphatic rings. The number of amidine groups is 1. The average molecular weight is 292 g/mol. The van der Waals surface area contributed by atoms with Crippen molar-refractivity contribution in [2.45, 2.75) is 47.1 Å². The number of aliphatic imine (C=N–C) groups is 2. The highest BCUT2D eigenvalue weighted by Crippen LogP contribution is 2.20. The predicted octanol–water partition coefficient (Wildman–Crippen LogP) is 2.46. The molecule has 0 saturated heterocycles. The lowest BCUT2D eigenvalue weighted by Crippen LogP contribution is -2.45. The molecule has 0 aromatic rings. The van der Waals surface area contributed by atoms with Crippen molar-refractivity contribution in [3.05, 3.63) is 24.8 Å². The Labute approximate surface area is 128 Å². The van der Waals surface area contributed by atoms with Gasteiger partial charge in [-0.3, -0.25) is 20.9 Å². The number of nitrogens with zero attached hydrogens (tertiary/aromatic N) is 4. The Morgan fingerprint density at radius 3 is 1.81 bits per heavy atom. The quantitative estimate of drug-likeness (QED) is 0.720. The average Bonchev–Trinajstić information content (AvgIpc) is 2.86. The van der Waals surface area contributed by atoms with Gasteiger partial charge in [-0.05, 0) is 20.8 Å². The minimum absolute atomic E-state index is 0.0724. The molecule has 2 N–H and O–H groups in total. The molecular formula is C15H28N6. The first-order valence-corrected chi connectivity index (χ1v) is 6.99. The molecule has 21 heavy (non-hydrogen) atoms. The predicted molar refractivity (Wildman–Crippen MR) is 89.3 cm³/mol. The van der Waals surface area contributed by atoms with E-state index in [1.807, 2.05) is 17.1 Å². The molecule has 6 nitrogen and oxygen atoms in total. The van der Waals surface area contributed by atoms with Crippen LogP contribution in [0.2, 0.25) is 0 Å². The molecular weight excluding hydrogens is 264 g/mol. The molecule has 2 heterocycles. The van der Waals surface area contributed by atoms with Crippen LogP contribution in [-0.2, 0) is 0 Å². The first-order chi connectivity index (χ1) is 9.41. The van der Waals surface area contributed by atoms with E-state index in [0.717, 1.165) is 11.7 Å². The van der Waals surface area contributed by atoms with E-state index in [1.165, 1.54) is 0 Å². The number of rotatable bonds is 0. The van der Waals surface area contributed by atoms with E-state index in [0.29, 0.717) is 5.82 Å². The Kier molecular flexibility index (Phi) is 4.71. The first-order valence-electron chi connectivity index (χ1n) is 6.99. The Balaban J connectivity index is 0.000000211. The summed E-state index contributed by atoms with van der Waals surface area (Å²) in [5.74, 6) is 2.45. The van der Waals surface area contributed by atoms with Gasteiger partial charge in [-0.25, -0.2) is 9.98 Å². The van der Waals surface area contributed by atoms with Crippen molar-refractivity contribution in [2.75, 3.05) is 7.05 Å². The number of hydrogen-bond donors (Lipinski definition) is 2. The van der Waals surface area contributed by atoms with E-state index in [-0.39, 0.29) is 11.0 Å². The summed E-state index contributed by atoms with van der Waals surface area (Å²) in [5.41, 5.74) is 6.29. The summed E-state index contributed by atoms with van der Waals surface area (Å²) >= 11 is 0. The molecule has 118 valence electrons. The van der Waals surface area contributed by atoms with Crippen LogP contribution in [0.3, 0.4) is 0 Å². The maximum Gasteiger partial charge on any atom is 0.141 e. The fourth-order valence-electron chi connectivity index (χ4n) is 1.45. The van der Waals surface area contributed by atoms with Gasteiger partial charge in [0.1, 0.15) is 23.8 Å². The number of hydrogen-bond acceptors (Lipinski definition) is 6. The minimum Gasteiger partial charge on any atom is -0.284 e. The van der Waals surface area contributed by atoms with Gasteiger partial charge < -0.3 is 0 Å². The monoisotopic (exact) mass is 292 g/mol. The van der Waals surface area contributed by atoms with E-state index < -0.39 is 0 Å². The van der Waals surface area contributed by atoms with E-state index in [9.17, 15) is 0 Å². The summed E-state index contributed by atoms with van der Waals surface area (Å²) in [7, 11) is 1.91. The fourth-order valence-corrected chi connectivity index (χ4v) is 1.45. The molecule has 2 aliphatic heterocycles. The van der Waals surface area contributed by atoms with Crippen LogP contribution < -0.4 is 10.9 Å². The Morgan fingerprint density at radius 1 is 1.05 bits per heavy atom. The summed E-state index contributed by atoms with van der Waals surface area (Å²) in [4.78, 5) is 8.26. The van der Waals surface area contributed by atoms with Crippen molar-refractivity contribution < 1.29 is 0 Å². The second-order valence-electron chi connectivity index (χ2n) is 7.14. The standard InChI is InChI=1S/C8H15N3.C7H13N3/c1-6-9-7(8(2,3)4)10-11(6)5;1-6-8-5-10(9-6)7(2,3)4/h1H2,2-5H3,(H,9,10);5,9H,1H2,2-4H3. The Hall–Kier alpha value is -1.98. The van der Waals surface area contributed by atoms with E-state index in [4.69, 9.17) is 0 Å². The van der Waals surface area contributed by atoms with Crippen LogP contribution in [0.5, 0.6) is 0 Å². The first kappa shape index (κ1) is 17.1. The third-order valence-corrected chi connectivity index (χ3v) is 2.91. The van der Waals surface area contributed by atoms with Crippen LogP contribution in [0, 0.1) is 5.41 Å². The molecule has 0 aromatic heterocycles. The summed E-state index contributed by atoms with van der Waals surface area (Å²) in [6, 6.07) is 0. The van der Waals surface area contributed by atoms with Crippen molar-refractivity contribution in [3.8, 4) is 0 Å². The normalized spacial score (nSPS) is 18.1. The molecule has 0 radical (unpaired) electrons. The van der Waals surface area contributed by atoms with Gasteiger partial charge >= 0.3 is 0 Å². The lowest BCUT2D eigenvalue weighted by atomic mass is 9.95. The topological polar surface area (TPSA) is 55.3 Å². The highest BCUT2D eigenvalue weighted by atomic mass is 15.6. The van der Waals surface area contributed by atoms with Gasteiger partial charge in [0.25, 0.3) is 0 Å². The Morgan fingerprint density at radius 2 is 1.62 bits per heavy atom. The van der Waals surface area contributed by atoms with E-state index in [2.05, 4.69) is 75.5 Å². The van der Waals surface area contributed by atoms with Gasteiger partial charge in [0.2, 0.25) is 0 Å². The molecule has 0 aromatic carbocycles. The molecule has 2 rings (SSSR count). The highest BCUT2D eigenvalue weighted by molar-refractivity contribution is 5.89. The van der Waals surface area contributed by atoms with Crippen LogP contribution >= 0.6 is 0 Å². The smallest absolute Gasteiger partial charge is 0.141 e. The number of hydrazine groups is 2. The van der Waals surface area contributed by atoms with Crippen LogP contribution in [0.1, 0.15) is 41.5 Å². The SMILES string of the molecule is C=C1N=C(C(C)(C)C)NN1C.C=C1N=CN(C(C)(C)C)N1. The van der Waals surface area contributed by atoms with E-state index in [1.54, 1.807) is 6.34 Å². The molecule has 0 aliphatic carbocycles. The second-order valence-corrected chi connectivity index (χ2v) is 7.14. The van der Waals surface area contributed by atoms with Crippen molar-refractivity contribution in [1.82, 2.24) is 20.9 Å². The maximum atomic E-state index is 4.28. The molecule has 0 fully saturated rings. The van der Waals surface area contributed by atoms with Crippen molar-refractivity contribution in [3.63, 3.8) is 0 Å². The summed E-state index contributed by atoms with van der Waals surface area (Å²) in [5, 5.41) is 3.75. The molecule has 0 spiro atoms. The van der Waals surface area contributed by atoms with Crippen molar-refractivity contribution in [1.29, 1.82) is 0 Å². The summed E-state index contributed by atoms with van der Waals surface area (Å²) in [6.45, 7) is 20.1. The third-order valence-electron chi connectivity index (χ3n) is 2.91. The zero-order chi connectivity index (χ0) is 16.4. The zero-order valence-corrected chi connectivity index (χ0v) is 14.3. The Bertz CT molecular complexity index is 475. The number of nitrogens with one attached hydrogen (secondary N) is 2. The van der Waals surface area contributed by atoms with Crippen LogP contribution in [-0.4, -0.2) is 34.8 Å². The molecule has 0 bridgehead atoms. The lowest BCUT2D eigenvalue weighted by molar-refractivity contribution is 0.206. The van der Waals surface area contributed by atoms with Crippen LogP contribution in [0.25, 0.3) is 0 Å². The third kappa shape index (κ3) is 4.81. The van der Waals surface area contributed by atoms with Gasteiger partial charge in [-0.1, -0.05) is 33.9 Å². The second kappa shape index (κ2) is 5.79. The molecule has 0 amide bonds. The van der Waals surface area contributed by atoms with Gasteiger partial charge in [0.05, 0.1) is 5.54 Å². The van der Waals surface area contributed by atoms with Crippen LogP contribution in [0.4, 0.5) is 0 Å². The molecule has 0 unspecified atom stereocenters.